The fourth-order valence-electron chi connectivity index (χ4n) is 2.18. The Morgan fingerprint density at radius 1 is 1.28 bits per heavy atom. The molecule has 5 nitrogen and oxygen atoms in total. The van der Waals surface area contributed by atoms with Crippen molar-refractivity contribution in [1.29, 1.82) is 0 Å². The third-order valence-electron chi connectivity index (χ3n) is 3.06. The zero-order valence-electron chi connectivity index (χ0n) is 10.2. The van der Waals surface area contributed by atoms with Gasteiger partial charge >= 0.3 is 0 Å². The van der Waals surface area contributed by atoms with Crippen LogP contribution in [-0.4, -0.2) is 25.6 Å². The van der Waals surface area contributed by atoms with Gasteiger partial charge in [-0.25, -0.2) is 9.97 Å². The molecule has 0 fully saturated rings. The van der Waals surface area contributed by atoms with Crippen molar-refractivity contribution < 1.29 is 0 Å². The summed E-state index contributed by atoms with van der Waals surface area (Å²) in [5, 5.41) is 0. The molecule has 92 valence electrons. The van der Waals surface area contributed by atoms with Gasteiger partial charge in [-0.05, 0) is 18.7 Å². The van der Waals surface area contributed by atoms with Crippen LogP contribution in [0.3, 0.4) is 0 Å². The summed E-state index contributed by atoms with van der Waals surface area (Å²) in [6.07, 6.45) is 4.45. The van der Waals surface area contributed by atoms with Crippen LogP contribution < -0.4 is 5.73 Å². The molecule has 1 aromatic carbocycles. The van der Waals surface area contributed by atoms with E-state index in [-0.39, 0.29) is 0 Å². The monoisotopic (exact) mass is 241 g/mol. The Labute approximate surface area is 105 Å². The topological polar surface area (TPSA) is 61.7 Å². The third-order valence-corrected chi connectivity index (χ3v) is 3.06. The lowest BCUT2D eigenvalue weighted by Gasteiger charge is -2.06. The first-order valence-corrected chi connectivity index (χ1v) is 5.95. The molecule has 0 bridgehead atoms. The van der Waals surface area contributed by atoms with Gasteiger partial charge in [0.2, 0.25) is 5.95 Å². The lowest BCUT2D eigenvalue weighted by molar-refractivity contribution is 0.770. The van der Waals surface area contributed by atoms with Gasteiger partial charge in [0.05, 0.1) is 11.0 Å². The number of aryl methyl sites for hydroxylation is 1. The van der Waals surface area contributed by atoms with E-state index in [0.717, 1.165) is 29.2 Å². The number of benzene rings is 1. The maximum atomic E-state index is 5.60. The highest BCUT2D eigenvalue weighted by atomic mass is 15.3. The maximum Gasteiger partial charge on any atom is 0.216 e. The molecular weight excluding hydrogens is 226 g/mol. The first-order chi connectivity index (χ1) is 8.81. The van der Waals surface area contributed by atoms with Gasteiger partial charge in [0.25, 0.3) is 0 Å². The highest BCUT2D eigenvalue weighted by Gasteiger charge is 2.11. The molecular formula is C13H15N5. The molecule has 18 heavy (non-hydrogen) atoms. The molecule has 0 amide bonds. The van der Waals surface area contributed by atoms with Crippen LogP contribution in [0.15, 0.2) is 36.7 Å². The fourth-order valence-corrected chi connectivity index (χ4v) is 2.18. The smallest absolute Gasteiger partial charge is 0.216 e. The predicted octanol–water partition coefficient (Wildman–Crippen LogP) is 1.26. The molecule has 0 radical (unpaired) electrons. The largest absolute Gasteiger partial charge is 0.330 e. The van der Waals surface area contributed by atoms with E-state index in [9.17, 15) is 0 Å². The van der Waals surface area contributed by atoms with Crippen molar-refractivity contribution in [3.8, 4) is 5.95 Å². The van der Waals surface area contributed by atoms with Crippen LogP contribution in [0.25, 0.3) is 17.0 Å². The van der Waals surface area contributed by atoms with Gasteiger partial charge in [0.15, 0.2) is 0 Å². The van der Waals surface area contributed by atoms with Gasteiger partial charge in [0, 0.05) is 25.9 Å². The van der Waals surface area contributed by atoms with E-state index in [1.165, 1.54) is 0 Å². The number of rotatable bonds is 3. The number of para-hydroxylation sites is 2. The summed E-state index contributed by atoms with van der Waals surface area (Å²) in [6, 6.07) is 8.08. The van der Waals surface area contributed by atoms with Crippen LogP contribution in [0.4, 0.5) is 0 Å². The van der Waals surface area contributed by atoms with E-state index in [4.69, 9.17) is 5.73 Å². The average molecular weight is 241 g/mol. The second-order valence-electron chi connectivity index (χ2n) is 4.21. The molecule has 0 saturated heterocycles. The number of fused-ring (bicyclic) bond motifs is 1. The molecule has 2 heterocycles. The highest BCUT2D eigenvalue weighted by molar-refractivity contribution is 5.77. The van der Waals surface area contributed by atoms with Crippen molar-refractivity contribution >= 4 is 11.0 Å². The fraction of sp³-hybridized carbons (Fsp3) is 0.231. The van der Waals surface area contributed by atoms with E-state index in [1.54, 1.807) is 6.20 Å². The summed E-state index contributed by atoms with van der Waals surface area (Å²) in [7, 11) is 2.01. The van der Waals surface area contributed by atoms with Crippen molar-refractivity contribution in [2.75, 3.05) is 6.54 Å². The molecule has 0 aliphatic rings. The molecule has 0 spiro atoms. The zero-order chi connectivity index (χ0) is 12.5. The van der Waals surface area contributed by atoms with Gasteiger partial charge < -0.3 is 10.3 Å². The van der Waals surface area contributed by atoms with Gasteiger partial charge in [-0.15, -0.1) is 0 Å². The van der Waals surface area contributed by atoms with E-state index in [2.05, 4.69) is 20.6 Å². The van der Waals surface area contributed by atoms with E-state index >= 15 is 0 Å². The van der Waals surface area contributed by atoms with Crippen molar-refractivity contribution in [2.45, 2.75) is 6.42 Å². The second-order valence-corrected chi connectivity index (χ2v) is 4.21. The van der Waals surface area contributed by atoms with Gasteiger partial charge in [-0.2, -0.15) is 0 Å². The Hall–Kier alpha value is -2.14. The number of nitrogens with zero attached hydrogens (tertiary/aromatic N) is 4. The summed E-state index contributed by atoms with van der Waals surface area (Å²) < 4.78 is 4.06. The lowest BCUT2D eigenvalue weighted by Crippen LogP contribution is -2.11. The summed E-state index contributed by atoms with van der Waals surface area (Å²) >= 11 is 0. The third kappa shape index (κ3) is 1.60. The Morgan fingerprint density at radius 3 is 2.89 bits per heavy atom. The van der Waals surface area contributed by atoms with Gasteiger partial charge in [-0.1, -0.05) is 12.1 Å². The number of aromatic nitrogens is 4. The molecule has 0 aliphatic carbocycles. The van der Waals surface area contributed by atoms with Gasteiger partial charge in [-0.3, -0.25) is 4.57 Å². The van der Waals surface area contributed by atoms with Crippen molar-refractivity contribution in [1.82, 2.24) is 19.1 Å². The van der Waals surface area contributed by atoms with Crippen LogP contribution in [0.5, 0.6) is 0 Å². The Morgan fingerprint density at radius 2 is 2.11 bits per heavy atom. The Bertz CT molecular complexity index is 680. The van der Waals surface area contributed by atoms with Crippen molar-refractivity contribution in [3.63, 3.8) is 0 Å². The molecule has 5 heteroatoms. The minimum Gasteiger partial charge on any atom is -0.330 e. The van der Waals surface area contributed by atoms with Crippen LogP contribution in [-0.2, 0) is 13.5 Å². The number of hydrogen-bond donors (Lipinski definition) is 1. The minimum absolute atomic E-state index is 0.584. The van der Waals surface area contributed by atoms with E-state index in [1.807, 2.05) is 36.0 Å². The van der Waals surface area contributed by atoms with Crippen molar-refractivity contribution in [3.05, 3.63) is 42.5 Å². The quantitative estimate of drug-likeness (QED) is 0.751. The maximum absolute atomic E-state index is 5.60. The molecule has 0 unspecified atom stereocenters. The predicted molar refractivity (Wildman–Crippen MR) is 70.6 cm³/mol. The highest BCUT2D eigenvalue weighted by Crippen LogP contribution is 2.18. The van der Waals surface area contributed by atoms with E-state index in [0.29, 0.717) is 6.54 Å². The molecule has 0 saturated carbocycles. The minimum atomic E-state index is 0.584. The summed E-state index contributed by atoms with van der Waals surface area (Å²) in [5.74, 6) is 1.81. The van der Waals surface area contributed by atoms with Crippen LogP contribution in [0, 0.1) is 0 Å². The second kappa shape index (κ2) is 4.27. The summed E-state index contributed by atoms with van der Waals surface area (Å²) in [5.41, 5.74) is 7.70. The Balaban J connectivity index is 2.19. The molecule has 3 aromatic rings. The molecule has 2 aromatic heterocycles. The lowest BCUT2D eigenvalue weighted by atomic mass is 10.3. The number of imidazole rings is 2. The number of hydrogen-bond acceptors (Lipinski definition) is 3. The zero-order valence-corrected chi connectivity index (χ0v) is 10.2. The van der Waals surface area contributed by atoms with Crippen LogP contribution in [0.2, 0.25) is 0 Å². The van der Waals surface area contributed by atoms with Crippen molar-refractivity contribution in [2.24, 2.45) is 12.8 Å². The summed E-state index contributed by atoms with van der Waals surface area (Å²) in [6.45, 7) is 0.584. The summed E-state index contributed by atoms with van der Waals surface area (Å²) in [4.78, 5) is 8.97. The first-order valence-electron chi connectivity index (χ1n) is 5.95. The van der Waals surface area contributed by atoms with E-state index < -0.39 is 0 Å². The first kappa shape index (κ1) is 11.0. The normalized spacial score (nSPS) is 11.2. The Kier molecular flexibility index (Phi) is 2.60. The SMILES string of the molecule is Cn1c(-n2ccnc2CCN)nc2ccccc21. The number of nitrogens with two attached hydrogens (primary N) is 1. The molecule has 3 rings (SSSR count). The molecule has 0 atom stereocenters. The molecule has 2 N–H and O–H groups in total. The van der Waals surface area contributed by atoms with Crippen LogP contribution in [0.1, 0.15) is 5.82 Å². The standard InChI is InChI=1S/C13H15N5/c1-17-11-5-3-2-4-10(11)16-13(17)18-9-8-15-12(18)6-7-14/h2-5,8-9H,6-7,14H2,1H3. The average Bonchev–Trinajstić information content (AvgIpc) is 2.96. The van der Waals surface area contributed by atoms with Gasteiger partial charge in [0.1, 0.15) is 5.82 Å². The van der Waals surface area contributed by atoms with Crippen LogP contribution >= 0.6 is 0 Å². The molecule has 0 aliphatic heterocycles.